The molecule has 0 spiro atoms. The van der Waals surface area contributed by atoms with E-state index in [2.05, 4.69) is 182 Å². The number of fused-ring (bicyclic) bond motifs is 3. The standard InChI is InChI=1S/C47H47N4O/c1-31-22-43-44(23-32(31)2)51(29-50(43,30-51)35-14-10-9-11-15-35)36-24-34(47(6,7)8)25-38(27-36)52-37-18-19-40-39-16-12-13-17-41(39)49(42(40)28-37)45-26-33(20-21-48-45)46(3,4)5/h9-29H,30H2,1-8H3/q+1/t50-,51+/m0/s1. The third-order valence-electron chi connectivity index (χ3n) is 11.4. The minimum atomic E-state index is -0.0749. The monoisotopic (exact) mass is 683 g/mol. The molecule has 5 nitrogen and oxygen atoms in total. The smallest absolute Gasteiger partial charge is 0.186 e. The van der Waals surface area contributed by atoms with Gasteiger partial charge >= 0.3 is 0 Å². The molecule has 1 saturated heterocycles. The summed E-state index contributed by atoms with van der Waals surface area (Å²) >= 11 is 0. The van der Waals surface area contributed by atoms with E-state index in [1.807, 2.05) is 6.20 Å². The molecule has 0 radical (unpaired) electrons. The number of pyridine rings is 1. The van der Waals surface area contributed by atoms with Gasteiger partial charge in [0.25, 0.3) is 0 Å². The Morgan fingerprint density at radius 2 is 1.23 bits per heavy atom. The molecule has 5 aromatic carbocycles. The lowest BCUT2D eigenvalue weighted by atomic mass is 9.86. The predicted octanol–water partition coefficient (Wildman–Crippen LogP) is 12.6. The summed E-state index contributed by atoms with van der Waals surface area (Å²) in [7, 11) is 0. The van der Waals surface area contributed by atoms with Crippen LogP contribution in [0, 0.1) is 20.5 Å². The van der Waals surface area contributed by atoms with Crippen molar-refractivity contribution in [3.05, 3.63) is 150 Å². The van der Waals surface area contributed by atoms with Gasteiger partial charge in [-0.3, -0.25) is 13.5 Å². The minimum absolute atomic E-state index is 0.00731. The molecule has 0 N–H and O–H groups in total. The van der Waals surface area contributed by atoms with Crippen LogP contribution >= 0.6 is 0 Å². The maximum atomic E-state index is 6.93. The molecule has 3 aliphatic rings. The first-order valence-corrected chi connectivity index (χ1v) is 18.4. The van der Waals surface area contributed by atoms with Crippen LogP contribution in [0.5, 0.6) is 11.5 Å². The quantitative estimate of drug-likeness (QED) is 0.133. The average Bonchev–Trinajstić information content (AvgIpc) is 3.68. The van der Waals surface area contributed by atoms with Gasteiger partial charge in [0.15, 0.2) is 18.0 Å². The number of hydrogen-bond donors (Lipinski definition) is 0. The van der Waals surface area contributed by atoms with E-state index in [0.29, 0.717) is 4.48 Å². The number of quaternary nitrogens is 2. The Morgan fingerprint density at radius 1 is 0.596 bits per heavy atom. The fraction of sp³-hybridized carbons (Fsp3) is 0.234. The Morgan fingerprint density at radius 3 is 1.92 bits per heavy atom. The number of nitrogens with zero attached hydrogens (tertiary/aromatic N) is 4. The summed E-state index contributed by atoms with van der Waals surface area (Å²) < 4.78 is 10.6. The zero-order valence-corrected chi connectivity index (χ0v) is 31.5. The topological polar surface area (TPSA) is 27.1 Å². The van der Waals surface area contributed by atoms with Crippen molar-refractivity contribution in [3.63, 3.8) is 0 Å². The Balaban J connectivity index is 1.18. The molecule has 260 valence electrons. The lowest BCUT2D eigenvalue weighted by molar-refractivity contribution is 0.186. The van der Waals surface area contributed by atoms with Crippen molar-refractivity contribution >= 4 is 44.6 Å². The summed E-state index contributed by atoms with van der Waals surface area (Å²) in [5.74, 6) is 2.56. The molecule has 0 amide bonds. The van der Waals surface area contributed by atoms with Crippen LogP contribution in [-0.2, 0) is 10.8 Å². The minimum Gasteiger partial charge on any atom is -0.457 e. The molecule has 1 fully saturated rings. The van der Waals surface area contributed by atoms with Crippen molar-refractivity contribution in [3.8, 4) is 17.3 Å². The maximum absolute atomic E-state index is 6.93. The normalized spacial score (nSPS) is 19.5. The third kappa shape index (κ3) is 4.87. The van der Waals surface area contributed by atoms with Gasteiger partial charge in [-0.05, 0) is 95.5 Å². The molecule has 10 rings (SSSR count). The van der Waals surface area contributed by atoms with Gasteiger partial charge in [0.1, 0.15) is 28.7 Å². The molecule has 7 aromatic rings. The van der Waals surface area contributed by atoms with Crippen LogP contribution in [0.15, 0.2) is 121 Å². The summed E-state index contributed by atoms with van der Waals surface area (Å²) in [6, 6.07) is 42.1. The van der Waals surface area contributed by atoms with E-state index >= 15 is 0 Å². The highest BCUT2D eigenvalue weighted by atomic mass is 16.5. The highest BCUT2D eigenvalue weighted by Gasteiger charge is 2.63. The highest BCUT2D eigenvalue weighted by Crippen LogP contribution is 2.65. The van der Waals surface area contributed by atoms with Gasteiger partial charge in [0.2, 0.25) is 0 Å². The fourth-order valence-electron chi connectivity index (χ4n) is 8.35. The van der Waals surface area contributed by atoms with E-state index in [0.717, 1.165) is 39.5 Å². The van der Waals surface area contributed by atoms with Gasteiger partial charge in [0.05, 0.1) is 17.7 Å². The van der Waals surface area contributed by atoms with Crippen LogP contribution in [0.2, 0.25) is 0 Å². The van der Waals surface area contributed by atoms with Crippen LogP contribution < -0.4 is 13.7 Å². The largest absolute Gasteiger partial charge is 0.457 e. The summed E-state index contributed by atoms with van der Waals surface area (Å²) in [5.41, 5.74) is 12.5. The first-order chi connectivity index (χ1) is 24.8. The Labute approximate surface area is 307 Å². The van der Waals surface area contributed by atoms with Crippen molar-refractivity contribution in [1.29, 1.82) is 0 Å². The first-order valence-electron chi connectivity index (χ1n) is 18.4. The van der Waals surface area contributed by atoms with E-state index in [1.54, 1.807) is 0 Å². The summed E-state index contributed by atoms with van der Waals surface area (Å²) in [5, 5.41) is 2.38. The Kier molecular flexibility index (Phi) is 6.99. The van der Waals surface area contributed by atoms with Gasteiger partial charge in [-0.25, -0.2) is 4.98 Å². The second-order valence-electron chi connectivity index (χ2n) is 17.0. The lowest BCUT2D eigenvalue weighted by Gasteiger charge is -2.56. The molecule has 0 unspecified atom stereocenters. The lowest BCUT2D eigenvalue weighted by Crippen LogP contribution is -2.67. The van der Waals surface area contributed by atoms with Crippen molar-refractivity contribution < 1.29 is 4.74 Å². The van der Waals surface area contributed by atoms with Crippen molar-refractivity contribution in [2.75, 3.05) is 6.67 Å². The Bertz CT molecular complexity index is 2540. The zero-order valence-electron chi connectivity index (χ0n) is 31.5. The summed E-state index contributed by atoms with van der Waals surface area (Å²) in [6.45, 7) is 21.5. The summed E-state index contributed by atoms with van der Waals surface area (Å²) in [6.07, 6.45) is 1.93. The SMILES string of the molecule is Cc1cc2c(cc1C)[N@+]1(c3cc(Oc4ccc5c6ccccc6n(-c6cc(C(C)(C)C)ccn6)c5c4)cc(C(C)(C)C)c3)[CH-][N@@+]2(c2ccccc2)C1. The van der Waals surface area contributed by atoms with Crippen molar-refractivity contribution in [2.45, 2.75) is 66.2 Å². The van der Waals surface area contributed by atoms with Crippen molar-refractivity contribution in [1.82, 2.24) is 18.5 Å². The van der Waals surface area contributed by atoms with E-state index in [-0.39, 0.29) is 10.8 Å². The van der Waals surface area contributed by atoms with E-state index in [9.17, 15) is 0 Å². The predicted molar refractivity (Wildman–Crippen MR) is 217 cm³/mol. The van der Waals surface area contributed by atoms with Gasteiger partial charge in [-0.2, -0.15) is 0 Å². The maximum Gasteiger partial charge on any atom is 0.186 e. The molecular formula is C47H47N4O+. The number of para-hydroxylation sites is 2. The van der Waals surface area contributed by atoms with Gasteiger partial charge in [-0.15, -0.1) is 0 Å². The number of hydrogen-bond acceptors (Lipinski definition) is 2. The van der Waals surface area contributed by atoms with Crippen LogP contribution in [0.25, 0.3) is 27.6 Å². The van der Waals surface area contributed by atoms with Crippen LogP contribution in [0.1, 0.15) is 63.8 Å². The number of aromatic nitrogens is 2. The van der Waals surface area contributed by atoms with Crippen LogP contribution in [-0.4, -0.2) is 16.2 Å². The van der Waals surface area contributed by atoms with E-state index < -0.39 is 0 Å². The van der Waals surface area contributed by atoms with Crippen molar-refractivity contribution in [2.24, 2.45) is 0 Å². The van der Waals surface area contributed by atoms with Crippen LogP contribution in [0.3, 0.4) is 0 Å². The van der Waals surface area contributed by atoms with Crippen LogP contribution in [0.4, 0.5) is 22.7 Å². The molecule has 5 heteroatoms. The van der Waals surface area contributed by atoms with E-state index in [4.69, 9.17) is 9.72 Å². The molecule has 5 heterocycles. The first kappa shape index (κ1) is 32.7. The molecule has 2 bridgehead atoms. The number of ether oxygens (including phenoxy) is 1. The fourth-order valence-corrected chi connectivity index (χ4v) is 8.35. The molecule has 52 heavy (non-hydrogen) atoms. The molecule has 0 aliphatic carbocycles. The molecule has 2 aromatic heterocycles. The molecule has 2 atom stereocenters. The number of benzene rings is 5. The number of aryl methyl sites for hydroxylation is 2. The second-order valence-corrected chi connectivity index (χ2v) is 17.0. The second kappa shape index (κ2) is 11.1. The van der Waals surface area contributed by atoms with E-state index in [1.165, 1.54) is 55.8 Å². The highest BCUT2D eigenvalue weighted by molar-refractivity contribution is 6.09. The Hall–Kier alpha value is -5.23. The molecule has 3 aliphatic heterocycles. The van der Waals surface area contributed by atoms with Gasteiger partial charge in [0, 0.05) is 47.3 Å². The van der Waals surface area contributed by atoms with Gasteiger partial charge in [-0.1, -0.05) is 77.9 Å². The molecular weight excluding hydrogens is 637 g/mol. The molecule has 0 saturated carbocycles. The van der Waals surface area contributed by atoms with Gasteiger partial charge < -0.3 is 4.74 Å². The average molecular weight is 684 g/mol. The zero-order chi connectivity index (χ0) is 36.2. The number of rotatable bonds is 5. The third-order valence-corrected chi connectivity index (χ3v) is 11.4. The summed E-state index contributed by atoms with van der Waals surface area (Å²) in [4.78, 5) is 4.89.